The molecule has 1 aromatic carbocycles. The highest BCUT2D eigenvalue weighted by molar-refractivity contribution is 6.20. The van der Waals surface area contributed by atoms with Crippen LogP contribution in [0.2, 0.25) is 0 Å². The van der Waals surface area contributed by atoms with Crippen LogP contribution in [-0.4, -0.2) is 105 Å². The number of nitrogens with zero attached hydrogens (tertiary/aromatic N) is 5. The van der Waals surface area contributed by atoms with Crippen LogP contribution >= 0.6 is 0 Å². The predicted molar refractivity (Wildman–Crippen MR) is 133 cm³/mol. The van der Waals surface area contributed by atoms with Crippen LogP contribution < -0.4 is 14.8 Å². The Morgan fingerprint density at radius 3 is 2.97 bits per heavy atom. The van der Waals surface area contributed by atoms with Gasteiger partial charge >= 0.3 is 0 Å². The Labute approximate surface area is 209 Å². The van der Waals surface area contributed by atoms with E-state index in [0.717, 1.165) is 31.0 Å². The van der Waals surface area contributed by atoms with Crippen molar-refractivity contribution in [1.82, 2.24) is 20.1 Å². The Kier molecular flexibility index (Phi) is 7.40. The van der Waals surface area contributed by atoms with Gasteiger partial charge in [0.1, 0.15) is 24.2 Å². The van der Waals surface area contributed by atoms with Crippen molar-refractivity contribution < 1.29 is 23.7 Å². The first-order valence-electron chi connectivity index (χ1n) is 12.0. The summed E-state index contributed by atoms with van der Waals surface area (Å²) in [7, 11) is 3.29. The van der Waals surface area contributed by atoms with E-state index in [9.17, 15) is 4.79 Å². The lowest BCUT2D eigenvalue weighted by Gasteiger charge is -2.33. The molecule has 190 valence electrons. The van der Waals surface area contributed by atoms with E-state index in [0.29, 0.717) is 61.6 Å². The lowest BCUT2D eigenvalue weighted by Crippen LogP contribution is -2.47. The summed E-state index contributed by atoms with van der Waals surface area (Å²) in [6.45, 7) is 5.45. The highest BCUT2D eigenvalue weighted by atomic mass is 16.5. The lowest BCUT2D eigenvalue weighted by atomic mass is 10.1. The molecule has 1 aromatic heterocycles. The fourth-order valence-corrected chi connectivity index (χ4v) is 4.46. The number of amidine groups is 1. The molecule has 0 aliphatic carbocycles. The topological polar surface area (TPSA) is 110 Å². The van der Waals surface area contributed by atoms with Crippen LogP contribution in [0.3, 0.4) is 0 Å². The van der Waals surface area contributed by atoms with Gasteiger partial charge in [-0.25, -0.2) is 4.99 Å². The van der Waals surface area contributed by atoms with Gasteiger partial charge in [0.05, 0.1) is 32.4 Å². The van der Waals surface area contributed by atoms with Crippen LogP contribution in [0.4, 0.5) is 5.69 Å². The molecule has 5 rings (SSSR count). The number of pyridine rings is 1. The number of aliphatic imine (C=N–C) groups is 2. The van der Waals surface area contributed by atoms with Crippen LogP contribution in [0.1, 0.15) is 15.9 Å². The zero-order valence-corrected chi connectivity index (χ0v) is 20.5. The average Bonchev–Trinajstić information content (AvgIpc) is 3.42. The molecule has 3 aliphatic heterocycles. The van der Waals surface area contributed by atoms with Crippen molar-refractivity contribution in [2.75, 3.05) is 66.8 Å². The maximum Gasteiger partial charge on any atom is 0.259 e. The van der Waals surface area contributed by atoms with Crippen LogP contribution in [0.5, 0.6) is 11.5 Å². The standard InChI is InChI=1S/C25H30N6O5/c1-33-12-10-30-11-13-35-18(15-30)16-36-20-6-5-19-21(22(20)34-2)28-25(31-9-8-27-23(19)31)29-24(32)17-4-3-7-26-14-17/h3-7,14,18H,8-13,15-16H2,1-2H3,(H,28,29,32). The predicted octanol–water partition coefficient (Wildman–Crippen LogP) is 1.31. The Morgan fingerprint density at radius 2 is 2.17 bits per heavy atom. The number of amides is 1. The van der Waals surface area contributed by atoms with E-state index in [-0.39, 0.29) is 12.0 Å². The first kappa shape index (κ1) is 24.2. The van der Waals surface area contributed by atoms with E-state index in [4.69, 9.17) is 23.9 Å². The fraction of sp³-hybridized carbons (Fsp3) is 0.440. The minimum Gasteiger partial charge on any atom is -0.491 e. The Morgan fingerprint density at radius 1 is 1.25 bits per heavy atom. The number of nitrogens with one attached hydrogen (secondary N) is 1. The number of hydrogen-bond acceptors (Lipinski definition) is 10. The average molecular weight is 495 g/mol. The molecule has 1 atom stereocenters. The number of aromatic nitrogens is 1. The SMILES string of the molecule is COCCN1CCOC(COc2ccc3c(c2OC)N=C(NC(=O)c2cccnc2)N2CCN=C32)C1. The minimum atomic E-state index is -0.296. The molecule has 11 nitrogen and oxygen atoms in total. The number of fused-ring (bicyclic) bond motifs is 3. The van der Waals surface area contributed by atoms with Gasteiger partial charge in [-0.2, -0.15) is 0 Å². The second kappa shape index (κ2) is 11.0. The number of benzene rings is 1. The van der Waals surface area contributed by atoms with E-state index in [2.05, 4.69) is 20.2 Å². The molecule has 3 aliphatic rings. The molecule has 0 radical (unpaired) electrons. The summed E-state index contributed by atoms with van der Waals surface area (Å²) in [4.78, 5) is 30.5. The van der Waals surface area contributed by atoms with Crippen molar-refractivity contribution in [3.05, 3.63) is 47.8 Å². The Bertz CT molecular complexity index is 1160. The third-order valence-corrected chi connectivity index (χ3v) is 6.26. The number of rotatable bonds is 8. The van der Waals surface area contributed by atoms with Gasteiger partial charge < -0.3 is 18.9 Å². The number of carbonyl (C=O) groups excluding carboxylic acids is 1. The maximum atomic E-state index is 12.8. The van der Waals surface area contributed by atoms with E-state index >= 15 is 0 Å². The van der Waals surface area contributed by atoms with E-state index in [1.807, 2.05) is 17.0 Å². The van der Waals surface area contributed by atoms with Crippen molar-refractivity contribution in [1.29, 1.82) is 0 Å². The van der Waals surface area contributed by atoms with Gasteiger partial charge in [0.2, 0.25) is 5.96 Å². The summed E-state index contributed by atoms with van der Waals surface area (Å²) in [6.07, 6.45) is 3.07. The van der Waals surface area contributed by atoms with Crippen LogP contribution in [0, 0.1) is 0 Å². The Balaban J connectivity index is 1.37. The molecular formula is C25H30N6O5. The largest absolute Gasteiger partial charge is 0.491 e. The van der Waals surface area contributed by atoms with Crippen molar-refractivity contribution in [2.45, 2.75) is 6.10 Å². The number of morpholine rings is 1. The molecule has 1 saturated heterocycles. The number of methoxy groups -OCH3 is 2. The summed E-state index contributed by atoms with van der Waals surface area (Å²) >= 11 is 0. The van der Waals surface area contributed by atoms with E-state index < -0.39 is 0 Å². The number of hydrogen-bond donors (Lipinski definition) is 1. The van der Waals surface area contributed by atoms with Crippen LogP contribution in [0.25, 0.3) is 0 Å². The first-order valence-corrected chi connectivity index (χ1v) is 12.0. The van der Waals surface area contributed by atoms with Crippen LogP contribution in [0.15, 0.2) is 46.6 Å². The maximum absolute atomic E-state index is 12.8. The lowest BCUT2D eigenvalue weighted by molar-refractivity contribution is -0.0524. The molecule has 4 heterocycles. The summed E-state index contributed by atoms with van der Waals surface area (Å²) in [5, 5.41) is 2.91. The van der Waals surface area contributed by atoms with Crippen molar-refractivity contribution in [3.8, 4) is 11.5 Å². The second-order valence-electron chi connectivity index (χ2n) is 8.58. The van der Waals surface area contributed by atoms with Crippen molar-refractivity contribution in [2.24, 2.45) is 9.98 Å². The molecule has 11 heteroatoms. The summed E-state index contributed by atoms with van der Waals surface area (Å²) < 4.78 is 23.0. The summed E-state index contributed by atoms with van der Waals surface area (Å²) in [5.74, 6) is 1.89. The van der Waals surface area contributed by atoms with E-state index in [1.54, 1.807) is 32.5 Å². The van der Waals surface area contributed by atoms with Gasteiger partial charge in [0, 0.05) is 51.2 Å². The minimum absolute atomic E-state index is 0.0659. The third-order valence-electron chi connectivity index (χ3n) is 6.26. The molecular weight excluding hydrogens is 464 g/mol. The van der Waals surface area contributed by atoms with Gasteiger partial charge in [-0.3, -0.25) is 29.9 Å². The second-order valence-corrected chi connectivity index (χ2v) is 8.58. The first-order chi connectivity index (χ1) is 17.7. The summed E-state index contributed by atoms with van der Waals surface area (Å²) in [6, 6.07) is 7.22. The normalized spacial score (nSPS) is 19.2. The summed E-state index contributed by atoms with van der Waals surface area (Å²) in [5.41, 5.74) is 1.84. The quantitative estimate of drug-likeness (QED) is 0.585. The number of carbonyl (C=O) groups is 1. The number of guanidine groups is 1. The Hall–Kier alpha value is -3.54. The van der Waals surface area contributed by atoms with Gasteiger partial charge in [-0.15, -0.1) is 0 Å². The van der Waals surface area contributed by atoms with Gasteiger partial charge in [0.15, 0.2) is 11.5 Å². The van der Waals surface area contributed by atoms with Crippen molar-refractivity contribution in [3.63, 3.8) is 0 Å². The number of ether oxygens (including phenoxy) is 4. The zero-order chi connectivity index (χ0) is 24.9. The highest BCUT2D eigenvalue weighted by Crippen LogP contribution is 2.43. The molecule has 0 bridgehead atoms. The molecule has 2 aromatic rings. The molecule has 1 N–H and O–H groups in total. The van der Waals surface area contributed by atoms with E-state index in [1.165, 1.54) is 6.20 Å². The smallest absolute Gasteiger partial charge is 0.259 e. The highest BCUT2D eigenvalue weighted by Gasteiger charge is 2.33. The third kappa shape index (κ3) is 5.03. The molecule has 36 heavy (non-hydrogen) atoms. The van der Waals surface area contributed by atoms with Gasteiger partial charge in [0.25, 0.3) is 5.91 Å². The monoisotopic (exact) mass is 494 g/mol. The molecule has 1 fully saturated rings. The zero-order valence-electron chi connectivity index (χ0n) is 20.5. The van der Waals surface area contributed by atoms with Gasteiger partial charge in [-0.1, -0.05) is 0 Å². The fourth-order valence-electron chi connectivity index (χ4n) is 4.46. The molecule has 1 amide bonds. The van der Waals surface area contributed by atoms with Gasteiger partial charge in [-0.05, 0) is 24.3 Å². The van der Waals surface area contributed by atoms with Crippen LogP contribution in [-0.2, 0) is 9.47 Å². The molecule has 0 saturated carbocycles. The molecule has 1 unspecified atom stereocenters. The van der Waals surface area contributed by atoms with Crippen molar-refractivity contribution >= 4 is 23.4 Å². The molecule has 0 spiro atoms.